The number of hydrogen-bond acceptors (Lipinski definition) is 4. The Morgan fingerprint density at radius 2 is 2.27 bits per heavy atom. The predicted molar refractivity (Wildman–Crippen MR) is 53.4 cm³/mol. The number of carboxylic acids is 1. The first-order chi connectivity index (χ1) is 7.25. The van der Waals surface area contributed by atoms with Crippen LogP contribution in [0.5, 0.6) is 0 Å². The number of carboxylic acid groups (broad SMARTS) is 1. The second-order valence-electron chi connectivity index (χ2n) is 3.07. The highest BCUT2D eigenvalue weighted by Gasteiger charge is 2.04. The first kappa shape index (κ1) is 9.67. The van der Waals surface area contributed by atoms with E-state index in [0.29, 0.717) is 18.0 Å². The van der Waals surface area contributed by atoms with E-state index in [4.69, 9.17) is 9.52 Å². The molecule has 0 bridgehead atoms. The van der Waals surface area contributed by atoms with E-state index in [0.717, 1.165) is 5.52 Å². The summed E-state index contributed by atoms with van der Waals surface area (Å²) in [7, 11) is 0. The molecule has 0 fully saturated rings. The number of carbonyl (C=O) groups is 1. The van der Waals surface area contributed by atoms with Gasteiger partial charge in [-0.1, -0.05) is 12.1 Å². The van der Waals surface area contributed by atoms with Gasteiger partial charge in [-0.25, -0.2) is 4.98 Å². The molecule has 0 saturated carbocycles. The van der Waals surface area contributed by atoms with Crippen LogP contribution in [0.15, 0.2) is 28.7 Å². The van der Waals surface area contributed by atoms with Gasteiger partial charge in [-0.05, 0) is 12.1 Å². The van der Waals surface area contributed by atoms with E-state index in [1.807, 2.05) is 24.3 Å². The van der Waals surface area contributed by atoms with Crippen LogP contribution in [0.4, 0.5) is 0 Å². The Labute approximate surface area is 85.7 Å². The molecule has 0 unspecified atom stereocenters. The number of para-hydroxylation sites is 2. The highest BCUT2D eigenvalue weighted by Crippen LogP contribution is 2.13. The van der Waals surface area contributed by atoms with Crippen molar-refractivity contribution < 1.29 is 14.3 Å². The second kappa shape index (κ2) is 4.10. The summed E-state index contributed by atoms with van der Waals surface area (Å²) in [6.45, 7) is 0.222. The van der Waals surface area contributed by atoms with E-state index in [2.05, 4.69) is 10.3 Å². The molecule has 0 aliphatic rings. The summed E-state index contributed by atoms with van der Waals surface area (Å²) in [6, 6.07) is 7.41. The number of nitrogens with zero attached hydrogens (tertiary/aromatic N) is 1. The molecule has 0 radical (unpaired) electrons. The van der Waals surface area contributed by atoms with Crippen molar-refractivity contribution in [3.8, 4) is 0 Å². The molecule has 1 heterocycles. The van der Waals surface area contributed by atoms with Crippen LogP contribution in [-0.4, -0.2) is 22.6 Å². The average molecular weight is 206 g/mol. The van der Waals surface area contributed by atoms with Crippen LogP contribution in [0.25, 0.3) is 11.1 Å². The smallest absolute Gasteiger partial charge is 0.317 e. The van der Waals surface area contributed by atoms with Crippen LogP contribution in [-0.2, 0) is 11.3 Å². The van der Waals surface area contributed by atoms with Crippen LogP contribution in [0.3, 0.4) is 0 Å². The number of hydrogen-bond donors (Lipinski definition) is 2. The quantitative estimate of drug-likeness (QED) is 0.780. The van der Waals surface area contributed by atoms with Gasteiger partial charge in [0.25, 0.3) is 0 Å². The highest BCUT2D eigenvalue weighted by molar-refractivity contribution is 5.72. The standard InChI is InChI=1S/C10H10N2O3/c13-10(14)6-11-5-9-12-7-3-1-2-4-8(7)15-9/h1-4,11H,5-6H2,(H,13,14). The zero-order valence-corrected chi connectivity index (χ0v) is 7.93. The summed E-state index contributed by atoms with van der Waals surface area (Å²) in [4.78, 5) is 14.4. The first-order valence-corrected chi connectivity index (χ1v) is 4.52. The molecule has 1 aromatic carbocycles. The second-order valence-corrected chi connectivity index (χ2v) is 3.07. The Morgan fingerprint density at radius 1 is 1.47 bits per heavy atom. The van der Waals surface area contributed by atoms with E-state index in [1.165, 1.54) is 0 Å². The summed E-state index contributed by atoms with van der Waals surface area (Å²) in [6.07, 6.45) is 0. The molecule has 78 valence electrons. The van der Waals surface area contributed by atoms with Crippen molar-refractivity contribution in [2.75, 3.05) is 6.54 Å². The Bertz CT molecular complexity index is 445. The predicted octanol–water partition coefficient (Wildman–Crippen LogP) is 1.00. The molecule has 5 heteroatoms. The monoisotopic (exact) mass is 206 g/mol. The van der Waals surface area contributed by atoms with E-state index >= 15 is 0 Å². The van der Waals surface area contributed by atoms with Crippen molar-refractivity contribution in [1.82, 2.24) is 10.3 Å². The molecule has 2 rings (SSSR count). The lowest BCUT2D eigenvalue weighted by molar-refractivity contribution is -0.136. The van der Waals surface area contributed by atoms with E-state index in [-0.39, 0.29) is 6.54 Å². The van der Waals surface area contributed by atoms with Crippen molar-refractivity contribution in [2.24, 2.45) is 0 Å². The molecular formula is C10H10N2O3. The number of nitrogens with one attached hydrogen (secondary N) is 1. The summed E-state index contributed by atoms with van der Waals surface area (Å²) in [5.74, 6) is -0.399. The minimum atomic E-state index is -0.897. The molecule has 0 saturated heterocycles. The van der Waals surface area contributed by atoms with Crippen LogP contribution in [0.2, 0.25) is 0 Å². The Kier molecular flexibility index (Phi) is 2.64. The van der Waals surface area contributed by atoms with Crippen molar-refractivity contribution in [3.63, 3.8) is 0 Å². The van der Waals surface area contributed by atoms with Gasteiger partial charge in [0, 0.05) is 0 Å². The number of fused-ring (bicyclic) bond motifs is 1. The Hall–Kier alpha value is -1.88. The van der Waals surface area contributed by atoms with Gasteiger partial charge in [-0.3, -0.25) is 10.1 Å². The van der Waals surface area contributed by atoms with Crippen LogP contribution in [0, 0.1) is 0 Å². The van der Waals surface area contributed by atoms with Crippen molar-refractivity contribution in [1.29, 1.82) is 0 Å². The van der Waals surface area contributed by atoms with Gasteiger partial charge in [0.05, 0.1) is 13.1 Å². The number of aliphatic carboxylic acids is 1. The van der Waals surface area contributed by atoms with Crippen molar-refractivity contribution in [2.45, 2.75) is 6.54 Å². The molecule has 1 aromatic heterocycles. The summed E-state index contributed by atoms with van der Waals surface area (Å²) >= 11 is 0. The van der Waals surface area contributed by atoms with Gasteiger partial charge in [-0.2, -0.15) is 0 Å². The minimum Gasteiger partial charge on any atom is -0.480 e. The minimum absolute atomic E-state index is 0.0985. The molecular weight excluding hydrogens is 196 g/mol. The maximum atomic E-state index is 10.2. The lowest BCUT2D eigenvalue weighted by atomic mass is 10.3. The molecule has 0 amide bonds. The number of aromatic nitrogens is 1. The van der Waals surface area contributed by atoms with Gasteiger partial charge in [-0.15, -0.1) is 0 Å². The van der Waals surface area contributed by atoms with Crippen LogP contribution < -0.4 is 5.32 Å². The lowest BCUT2D eigenvalue weighted by Crippen LogP contribution is -2.21. The molecule has 5 nitrogen and oxygen atoms in total. The van der Waals surface area contributed by atoms with Crippen molar-refractivity contribution in [3.05, 3.63) is 30.2 Å². The third kappa shape index (κ3) is 2.32. The van der Waals surface area contributed by atoms with Gasteiger partial charge < -0.3 is 9.52 Å². The molecule has 0 aliphatic carbocycles. The summed E-state index contributed by atoms with van der Waals surface area (Å²) in [5.41, 5.74) is 1.49. The van der Waals surface area contributed by atoms with E-state index in [1.54, 1.807) is 0 Å². The normalized spacial score (nSPS) is 10.7. The summed E-state index contributed by atoms with van der Waals surface area (Å²) < 4.78 is 5.38. The largest absolute Gasteiger partial charge is 0.480 e. The lowest BCUT2D eigenvalue weighted by Gasteiger charge is -1.95. The third-order valence-electron chi connectivity index (χ3n) is 1.89. The van der Waals surface area contributed by atoms with Crippen LogP contribution >= 0.6 is 0 Å². The van der Waals surface area contributed by atoms with E-state index < -0.39 is 5.97 Å². The maximum absolute atomic E-state index is 10.2. The average Bonchev–Trinajstić information content (AvgIpc) is 2.59. The topological polar surface area (TPSA) is 75.4 Å². The fraction of sp³-hybridized carbons (Fsp3) is 0.200. The fourth-order valence-electron chi connectivity index (χ4n) is 1.27. The maximum Gasteiger partial charge on any atom is 0.317 e. The fourth-order valence-corrected chi connectivity index (χ4v) is 1.27. The molecule has 0 aliphatic heterocycles. The molecule has 0 spiro atoms. The molecule has 15 heavy (non-hydrogen) atoms. The zero-order valence-electron chi connectivity index (χ0n) is 7.93. The van der Waals surface area contributed by atoms with Crippen molar-refractivity contribution >= 4 is 17.1 Å². The summed E-state index contributed by atoms with van der Waals surface area (Å²) in [5, 5.41) is 11.1. The Balaban J connectivity index is 2.05. The molecule has 0 atom stereocenters. The first-order valence-electron chi connectivity index (χ1n) is 4.52. The van der Waals surface area contributed by atoms with Crippen LogP contribution in [0.1, 0.15) is 5.89 Å². The van der Waals surface area contributed by atoms with Gasteiger partial charge in [0.1, 0.15) is 5.52 Å². The third-order valence-corrected chi connectivity index (χ3v) is 1.89. The Morgan fingerprint density at radius 3 is 3.00 bits per heavy atom. The van der Waals surface area contributed by atoms with E-state index in [9.17, 15) is 4.79 Å². The number of rotatable bonds is 4. The number of benzene rings is 1. The highest BCUT2D eigenvalue weighted by atomic mass is 16.4. The van der Waals surface area contributed by atoms with Gasteiger partial charge in [0.2, 0.25) is 5.89 Å². The molecule has 2 N–H and O–H groups in total. The zero-order chi connectivity index (χ0) is 10.7. The SMILES string of the molecule is O=C(O)CNCc1nc2ccccc2o1. The number of oxazole rings is 1. The van der Waals surface area contributed by atoms with Gasteiger partial charge >= 0.3 is 5.97 Å². The molecule has 2 aromatic rings. The van der Waals surface area contributed by atoms with Gasteiger partial charge in [0.15, 0.2) is 5.58 Å².